The van der Waals surface area contributed by atoms with Crippen molar-refractivity contribution in [2.24, 2.45) is 0 Å². The Morgan fingerprint density at radius 1 is 1.08 bits per heavy atom. The van der Waals surface area contributed by atoms with Gasteiger partial charge < -0.3 is 0 Å². The van der Waals surface area contributed by atoms with Crippen molar-refractivity contribution in [3.05, 3.63) is 0 Å². The molecule has 0 aliphatic heterocycles. The van der Waals surface area contributed by atoms with Gasteiger partial charge in [-0.15, -0.1) is 0 Å². The fraction of sp³-hybridized carbons (Fsp3) is 0.429. The molecule has 0 aromatic heterocycles. The average molecular weight is 261 g/mol. The van der Waals surface area contributed by atoms with Crippen LogP contribution in [-0.2, 0) is 36.3 Å². The normalized spacial score (nSPS) is 7.83. The number of Topliss-reactive ketones (excluding diaryl/α,β-unsaturated/α-hetero) is 2. The Bertz CT molecular complexity index is 158. The van der Waals surface area contributed by atoms with Crippen LogP contribution in [0.4, 0.5) is 0 Å². The van der Waals surface area contributed by atoms with Crippen molar-refractivity contribution in [3.8, 4) is 0 Å². The van der Waals surface area contributed by atoms with Crippen LogP contribution in [0.15, 0.2) is 0 Å². The summed E-state index contributed by atoms with van der Waals surface area (Å²) < 4.78 is 0. The van der Waals surface area contributed by atoms with Gasteiger partial charge in [0.25, 0.3) is 0 Å². The van der Waals surface area contributed by atoms with Gasteiger partial charge in [-0.2, -0.15) is 0 Å². The molecule has 0 amide bonds. The zero-order valence-electron chi connectivity index (χ0n) is 6.83. The summed E-state index contributed by atoms with van der Waals surface area (Å²) in [5.74, 6) is -0.125. The Labute approximate surface area is 78.3 Å². The van der Waals surface area contributed by atoms with Crippen LogP contribution in [0.3, 0.4) is 0 Å². The molecule has 0 aliphatic carbocycles. The first-order valence-corrected chi connectivity index (χ1v) is 4.86. The van der Waals surface area contributed by atoms with Crippen molar-refractivity contribution in [3.63, 3.8) is 0 Å². The van der Waals surface area contributed by atoms with Crippen LogP contribution in [0.5, 0.6) is 0 Å². The molecule has 0 aromatic carbocycles. The number of hydrogen-bond donors (Lipinski definition) is 0. The van der Waals surface area contributed by atoms with E-state index in [4.69, 9.17) is 0 Å². The van der Waals surface area contributed by atoms with Crippen molar-refractivity contribution < 1.29 is 36.3 Å². The first-order chi connectivity index (χ1) is 5.54. The summed E-state index contributed by atoms with van der Waals surface area (Å²) in [4.78, 5) is 39.7. The summed E-state index contributed by atoms with van der Waals surface area (Å²) in [6.45, 7) is 2.81. The summed E-state index contributed by atoms with van der Waals surface area (Å²) in [7, 11) is 0. The minimum atomic E-state index is -0.454. The van der Waals surface area contributed by atoms with Crippen molar-refractivity contribution in [2.75, 3.05) is 0 Å². The first-order valence-electron chi connectivity index (χ1n) is 2.97. The summed E-state index contributed by atoms with van der Waals surface area (Å²) in [5, 5.41) is 0. The topological polar surface area (TPSA) is 68.3 Å². The Morgan fingerprint density at radius 3 is 1.42 bits per heavy atom. The fourth-order valence-electron chi connectivity index (χ4n) is 0.369. The summed E-state index contributed by atoms with van der Waals surface area (Å²) in [5.41, 5.74) is 0. The summed E-state index contributed by atoms with van der Waals surface area (Å²) in [6, 6.07) is 0. The molecule has 0 bridgehead atoms. The van der Waals surface area contributed by atoms with Crippen LogP contribution in [0, 0.1) is 0 Å². The Hall–Kier alpha value is -0.697. The molecule has 0 N–H and O–H groups in total. The van der Waals surface area contributed by atoms with Crippen LogP contribution in [-0.4, -0.2) is 21.3 Å². The fourth-order valence-corrected chi connectivity index (χ4v) is 0.460. The molecule has 12 heavy (non-hydrogen) atoms. The number of carbonyl (C=O) groups is 4. The van der Waals surface area contributed by atoms with E-state index in [-0.39, 0.29) is 18.0 Å². The van der Waals surface area contributed by atoms with Gasteiger partial charge in [0.05, 0.1) is 6.42 Å². The van der Waals surface area contributed by atoms with Crippen molar-refractivity contribution >= 4 is 21.3 Å². The SMILES string of the molecule is CC(=O)CC(C)=O.O=[CH][Rh][CH]=O. The molecule has 4 nitrogen and oxygen atoms in total. The minimum absolute atomic E-state index is 0.0625. The second kappa shape index (κ2) is 10.3. The molecule has 0 fully saturated rings. The number of ketones is 2. The van der Waals surface area contributed by atoms with Gasteiger partial charge >= 0.3 is 36.5 Å². The second-order valence-corrected chi connectivity index (χ2v) is 3.17. The molecule has 0 radical (unpaired) electrons. The predicted octanol–water partition coefficient (Wildman–Crippen LogP) is 0.00380. The molecule has 0 atom stereocenters. The third-order valence-corrected chi connectivity index (χ3v) is 1.03. The number of carbonyl (C=O) groups excluding carboxylic acids is 4. The van der Waals surface area contributed by atoms with E-state index >= 15 is 0 Å². The quantitative estimate of drug-likeness (QED) is 0.406. The molecular weight excluding hydrogens is 251 g/mol. The zero-order valence-corrected chi connectivity index (χ0v) is 8.47. The summed E-state index contributed by atoms with van der Waals surface area (Å²) in [6.07, 6.45) is 0.0833. The van der Waals surface area contributed by atoms with E-state index in [1.54, 1.807) is 0 Å². The van der Waals surface area contributed by atoms with E-state index in [0.717, 1.165) is 0 Å². The number of hydrogen-bond acceptors (Lipinski definition) is 4. The van der Waals surface area contributed by atoms with E-state index in [1.165, 1.54) is 13.8 Å². The van der Waals surface area contributed by atoms with Gasteiger partial charge in [-0.05, 0) is 13.8 Å². The van der Waals surface area contributed by atoms with Gasteiger partial charge in [0, 0.05) is 0 Å². The molecule has 0 spiro atoms. The first kappa shape index (κ1) is 13.9. The Balaban J connectivity index is 0. The van der Waals surface area contributed by atoms with Crippen molar-refractivity contribution in [2.45, 2.75) is 20.3 Å². The van der Waals surface area contributed by atoms with Gasteiger partial charge in [-0.1, -0.05) is 0 Å². The van der Waals surface area contributed by atoms with Gasteiger partial charge in [0.15, 0.2) is 0 Å². The molecular formula is C7H10O4Rh. The predicted molar refractivity (Wildman–Crippen MR) is 39.5 cm³/mol. The van der Waals surface area contributed by atoms with Crippen LogP contribution in [0.25, 0.3) is 0 Å². The average Bonchev–Trinajstić information content (AvgIpc) is 1.87. The number of rotatable bonds is 4. The molecule has 5 heteroatoms. The maximum atomic E-state index is 10.0. The third-order valence-electron chi connectivity index (χ3n) is 0.589. The monoisotopic (exact) mass is 261 g/mol. The molecule has 0 unspecified atom stereocenters. The Morgan fingerprint density at radius 2 is 1.42 bits per heavy atom. The van der Waals surface area contributed by atoms with E-state index in [9.17, 15) is 19.2 Å². The van der Waals surface area contributed by atoms with Gasteiger partial charge in [-0.3, -0.25) is 9.59 Å². The van der Waals surface area contributed by atoms with Crippen molar-refractivity contribution in [1.82, 2.24) is 0 Å². The van der Waals surface area contributed by atoms with Crippen LogP contribution >= 0.6 is 0 Å². The third kappa shape index (κ3) is 22.8. The molecule has 0 saturated carbocycles. The van der Waals surface area contributed by atoms with Gasteiger partial charge in [-0.25, -0.2) is 0 Å². The zero-order chi connectivity index (χ0) is 9.98. The van der Waals surface area contributed by atoms with Gasteiger partial charge in [0.1, 0.15) is 11.6 Å². The van der Waals surface area contributed by atoms with E-state index in [2.05, 4.69) is 0 Å². The second-order valence-electron chi connectivity index (χ2n) is 1.85. The van der Waals surface area contributed by atoms with Gasteiger partial charge in [0.2, 0.25) is 0 Å². The van der Waals surface area contributed by atoms with Crippen LogP contribution < -0.4 is 0 Å². The molecule has 0 aliphatic rings. The standard InChI is InChI=1S/C5H8O2.2CHO.Rh/c1-4(6)3-5(2)7;2*1-2;/h3H2,1-2H3;2*1H;. The molecule has 0 rings (SSSR count). The molecule has 71 valence electrons. The van der Waals surface area contributed by atoms with Crippen LogP contribution in [0.1, 0.15) is 20.3 Å². The van der Waals surface area contributed by atoms with Crippen LogP contribution in [0.2, 0.25) is 0 Å². The maximum absolute atomic E-state index is 10.0. The molecule has 0 aromatic rings. The van der Waals surface area contributed by atoms with Crippen molar-refractivity contribution in [1.29, 1.82) is 0 Å². The summed E-state index contributed by atoms with van der Waals surface area (Å²) >= 11 is -0.454. The Kier molecular flexibility index (Phi) is 11.9. The van der Waals surface area contributed by atoms with E-state index in [0.29, 0.717) is 9.76 Å². The van der Waals surface area contributed by atoms with E-state index < -0.39 is 17.1 Å². The molecule has 0 saturated heterocycles. The van der Waals surface area contributed by atoms with E-state index in [1.807, 2.05) is 0 Å². The molecule has 0 heterocycles.